The zero-order valence-corrected chi connectivity index (χ0v) is 16.9. The highest BCUT2D eigenvalue weighted by Gasteiger charge is 2.35. The number of allylic oxidation sites excluding steroid dienone is 4. The Morgan fingerprint density at radius 1 is 0.750 bits per heavy atom. The van der Waals surface area contributed by atoms with Crippen molar-refractivity contribution in [3.63, 3.8) is 0 Å². The van der Waals surface area contributed by atoms with Gasteiger partial charge in [0.2, 0.25) is 0 Å². The fourth-order valence-electron chi connectivity index (χ4n) is 4.79. The van der Waals surface area contributed by atoms with Crippen LogP contribution in [0.15, 0.2) is 85.0 Å². The molecule has 0 nitrogen and oxygen atoms in total. The van der Waals surface area contributed by atoms with Crippen LogP contribution in [0, 0.1) is 5.92 Å². The van der Waals surface area contributed by atoms with Crippen LogP contribution in [-0.4, -0.2) is 0 Å². The first-order valence-electron chi connectivity index (χ1n) is 10.3. The highest BCUT2D eigenvalue weighted by Crippen LogP contribution is 2.49. The van der Waals surface area contributed by atoms with E-state index in [2.05, 4.69) is 106 Å². The average molecular weight is 363 g/mol. The Bertz CT molecular complexity index is 1120. The number of hydrogen-bond acceptors (Lipinski definition) is 0. The van der Waals surface area contributed by atoms with Crippen molar-refractivity contribution in [3.05, 3.63) is 102 Å². The van der Waals surface area contributed by atoms with Crippen molar-refractivity contribution in [2.24, 2.45) is 5.92 Å². The van der Waals surface area contributed by atoms with Gasteiger partial charge in [-0.3, -0.25) is 0 Å². The smallest absolute Gasteiger partial charge is 0.0159 e. The summed E-state index contributed by atoms with van der Waals surface area (Å²) in [6.07, 6.45) is 8.09. The fraction of sp³-hybridized carbons (Fsp3) is 0.214. The molecule has 0 aromatic heterocycles. The Kier molecular flexibility index (Phi) is 3.91. The molecular weight excluding hydrogens is 336 g/mol. The Balaban J connectivity index is 1.59. The van der Waals surface area contributed by atoms with E-state index < -0.39 is 0 Å². The molecule has 28 heavy (non-hydrogen) atoms. The lowest BCUT2D eigenvalue weighted by molar-refractivity contribution is 0.660. The van der Waals surface area contributed by atoms with Crippen LogP contribution in [0.1, 0.15) is 43.9 Å². The third-order valence-electron chi connectivity index (χ3n) is 6.38. The Labute approximate surface area is 168 Å². The maximum atomic E-state index is 2.40. The summed E-state index contributed by atoms with van der Waals surface area (Å²) in [6.45, 7) is 6.97. The lowest BCUT2D eigenvalue weighted by Gasteiger charge is -2.22. The monoisotopic (exact) mass is 362 g/mol. The van der Waals surface area contributed by atoms with Crippen LogP contribution in [-0.2, 0) is 5.41 Å². The summed E-state index contributed by atoms with van der Waals surface area (Å²) in [7, 11) is 0. The van der Waals surface area contributed by atoms with Crippen LogP contribution in [0.25, 0.3) is 27.8 Å². The summed E-state index contributed by atoms with van der Waals surface area (Å²) in [5.74, 6) is 0.614. The third-order valence-corrected chi connectivity index (χ3v) is 6.38. The van der Waals surface area contributed by atoms with Crippen LogP contribution in [0.2, 0.25) is 0 Å². The van der Waals surface area contributed by atoms with Gasteiger partial charge in [-0.15, -0.1) is 0 Å². The van der Waals surface area contributed by atoms with E-state index in [1.54, 1.807) is 0 Å². The largest absolute Gasteiger partial charge is 0.0834 e. The van der Waals surface area contributed by atoms with Crippen LogP contribution in [0.3, 0.4) is 0 Å². The number of rotatable bonds is 2. The summed E-state index contributed by atoms with van der Waals surface area (Å²) in [5.41, 5.74) is 10.9. The minimum absolute atomic E-state index is 0.0453. The van der Waals surface area contributed by atoms with Gasteiger partial charge in [0.1, 0.15) is 0 Å². The van der Waals surface area contributed by atoms with Gasteiger partial charge in [-0.25, -0.2) is 0 Å². The predicted molar refractivity (Wildman–Crippen MR) is 120 cm³/mol. The summed E-state index contributed by atoms with van der Waals surface area (Å²) in [4.78, 5) is 0. The minimum atomic E-state index is 0.0453. The van der Waals surface area contributed by atoms with Crippen LogP contribution in [0.5, 0.6) is 0 Å². The van der Waals surface area contributed by atoms with Crippen LogP contribution < -0.4 is 0 Å². The van der Waals surface area contributed by atoms with E-state index in [1.165, 1.54) is 44.5 Å². The number of benzene rings is 3. The first kappa shape index (κ1) is 17.3. The SMILES string of the molecule is CC1C=C(c2cccc(-c3ccc4c(c3)C(C)(C)c3ccccc3-4)c2)C=CC1. The zero-order valence-electron chi connectivity index (χ0n) is 16.9. The molecule has 2 aliphatic rings. The quantitative estimate of drug-likeness (QED) is 0.439. The molecular formula is C28H26. The van der Waals surface area contributed by atoms with E-state index in [1.807, 2.05) is 0 Å². The van der Waals surface area contributed by atoms with Gasteiger partial charge in [0.25, 0.3) is 0 Å². The molecule has 0 spiro atoms. The second-order valence-corrected chi connectivity index (χ2v) is 8.75. The molecule has 0 saturated heterocycles. The molecule has 0 heterocycles. The fourth-order valence-corrected chi connectivity index (χ4v) is 4.79. The third kappa shape index (κ3) is 2.67. The molecule has 0 heteroatoms. The van der Waals surface area contributed by atoms with Crippen molar-refractivity contribution in [2.45, 2.75) is 32.6 Å². The second kappa shape index (κ2) is 6.34. The normalized spacial score (nSPS) is 19.1. The first-order chi connectivity index (χ1) is 13.5. The average Bonchev–Trinajstić information content (AvgIpc) is 2.95. The molecule has 3 aromatic rings. The minimum Gasteiger partial charge on any atom is -0.0834 e. The molecule has 0 saturated carbocycles. The Morgan fingerprint density at radius 3 is 2.36 bits per heavy atom. The van der Waals surface area contributed by atoms with Crippen molar-refractivity contribution >= 4 is 5.57 Å². The van der Waals surface area contributed by atoms with E-state index in [0.717, 1.165) is 6.42 Å². The van der Waals surface area contributed by atoms with Crippen LogP contribution >= 0.6 is 0 Å². The van der Waals surface area contributed by atoms with Gasteiger partial charge in [-0.2, -0.15) is 0 Å². The van der Waals surface area contributed by atoms with Gasteiger partial charge >= 0.3 is 0 Å². The molecule has 0 aliphatic heterocycles. The molecule has 1 atom stereocenters. The summed E-state index contributed by atoms with van der Waals surface area (Å²) in [5, 5.41) is 0. The highest BCUT2D eigenvalue weighted by atomic mass is 14.4. The molecule has 1 unspecified atom stereocenters. The first-order valence-corrected chi connectivity index (χ1v) is 10.3. The van der Waals surface area contributed by atoms with E-state index in [-0.39, 0.29) is 5.41 Å². The maximum Gasteiger partial charge on any atom is 0.0159 e. The van der Waals surface area contributed by atoms with E-state index in [9.17, 15) is 0 Å². The number of fused-ring (bicyclic) bond motifs is 3. The van der Waals surface area contributed by atoms with Crippen LogP contribution in [0.4, 0.5) is 0 Å². The highest BCUT2D eigenvalue weighted by molar-refractivity contribution is 5.84. The zero-order chi connectivity index (χ0) is 19.3. The molecule has 2 aliphatic carbocycles. The topological polar surface area (TPSA) is 0 Å². The van der Waals surface area contributed by atoms with Crippen molar-refractivity contribution in [1.82, 2.24) is 0 Å². The van der Waals surface area contributed by atoms with Crippen molar-refractivity contribution in [3.8, 4) is 22.3 Å². The molecule has 0 fully saturated rings. The van der Waals surface area contributed by atoms with E-state index in [4.69, 9.17) is 0 Å². The molecule has 0 N–H and O–H groups in total. The summed E-state index contributed by atoms with van der Waals surface area (Å²) in [6, 6.07) is 24.8. The van der Waals surface area contributed by atoms with Gasteiger partial charge in [0.15, 0.2) is 0 Å². The molecule has 0 bridgehead atoms. The Morgan fingerprint density at radius 2 is 1.50 bits per heavy atom. The molecule has 138 valence electrons. The molecule has 5 rings (SSSR count). The maximum absolute atomic E-state index is 2.40. The van der Waals surface area contributed by atoms with Gasteiger partial charge in [0, 0.05) is 5.41 Å². The lowest BCUT2D eigenvalue weighted by Crippen LogP contribution is -2.14. The molecule has 0 amide bonds. The molecule has 3 aromatic carbocycles. The summed E-state index contributed by atoms with van der Waals surface area (Å²) >= 11 is 0. The lowest BCUT2D eigenvalue weighted by atomic mass is 9.81. The van der Waals surface area contributed by atoms with Gasteiger partial charge in [0.05, 0.1) is 0 Å². The molecule has 0 radical (unpaired) electrons. The van der Waals surface area contributed by atoms with Crippen molar-refractivity contribution in [2.75, 3.05) is 0 Å². The summed E-state index contributed by atoms with van der Waals surface area (Å²) < 4.78 is 0. The van der Waals surface area contributed by atoms with Gasteiger partial charge in [-0.1, -0.05) is 93.6 Å². The van der Waals surface area contributed by atoms with E-state index in [0.29, 0.717) is 5.92 Å². The second-order valence-electron chi connectivity index (χ2n) is 8.75. The Hall–Kier alpha value is -2.86. The number of hydrogen-bond donors (Lipinski definition) is 0. The van der Waals surface area contributed by atoms with Gasteiger partial charge in [-0.05, 0) is 69.0 Å². The van der Waals surface area contributed by atoms with E-state index >= 15 is 0 Å². The van der Waals surface area contributed by atoms with Crippen molar-refractivity contribution in [1.29, 1.82) is 0 Å². The van der Waals surface area contributed by atoms with Gasteiger partial charge < -0.3 is 0 Å². The van der Waals surface area contributed by atoms with Crippen molar-refractivity contribution < 1.29 is 0 Å². The standard InChI is InChI=1S/C28H26/c1-19-8-6-9-20(16-19)21-10-7-11-22(17-21)23-14-15-25-24-12-4-5-13-26(24)28(2,3)27(25)18-23/h4-7,9-19H,8H2,1-3H3. The predicted octanol–water partition coefficient (Wildman–Crippen LogP) is 7.64.